The molecule has 0 saturated carbocycles. The maximum atomic E-state index is 11.7. The minimum atomic E-state index is -1.45. The fraction of sp³-hybridized carbons (Fsp3) is 0.333. The Hall–Kier alpha value is -1.84. The van der Waals surface area contributed by atoms with Crippen LogP contribution in [0.4, 0.5) is 0 Å². The van der Waals surface area contributed by atoms with Gasteiger partial charge in [0.2, 0.25) is 5.60 Å². The lowest BCUT2D eigenvalue weighted by Gasteiger charge is -2.30. The van der Waals surface area contributed by atoms with E-state index in [-0.39, 0.29) is 6.42 Å². The van der Waals surface area contributed by atoms with E-state index in [1.165, 1.54) is 6.92 Å². The Balaban J connectivity index is 2.49. The number of aryl methyl sites for hydroxylation is 1. The molecule has 2 rings (SSSR count). The van der Waals surface area contributed by atoms with Gasteiger partial charge in [-0.3, -0.25) is 0 Å². The summed E-state index contributed by atoms with van der Waals surface area (Å²) in [6.07, 6.45) is 0.212. The predicted octanol–water partition coefficient (Wildman–Crippen LogP) is 1.55. The zero-order valence-corrected chi connectivity index (χ0v) is 9.11. The summed E-state index contributed by atoms with van der Waals surface area (Å²) in [6.45, 7) is 3.29. The highest BCUT2D eigenvalue weighted by Gasteiger charge is 2.42. The van der Waals surface area contributed by atoms with Gasteiger partial charge in [-0.25, -0.2) is 9.59 Å². The van der Waals surface area contributed by atoms with Gasteiger partial charge in [0.05, 0.1) is 5.56 Å². The van der Waals surface area contributed by atoms with Gasteiger partial charge in [0.1, 0.15) is 0 Å². The van der Waals surface area contributed by atoms with Gasteiger partial charge in [-0.05, 0) is 25.5 Å². The van der Waals surface area contributed by atoms with Crippen molar-refractivity contribution in [1.29, 1.82) is 0 Å². The van der Waals surface area contributed by atoms with Crippen molar-refractivity contribution in [3.8, 4) is 0 Å². The number of ether oxygens (including phenoxy) is 1. The molecule has 1 aliphatic heterocycles. The Bertz CT molecular complexity index is 478. The number of carbonyl (C=O) groups excluding carboxylic acids is 1. The van der Waals surface area contributed by atoms with E-state index in [4.69, 9.17) is 9.84 Å². The summed E-state index contributed by atoms with van der Waals surface area (Å²) in [5.74, 6) is -1.68. The van der Waals surface area contributed by atoms with Crippen molar-refractivity contribution in [2.24, 2.45) is 0 Å². The number of hydrogen-bond donors (Lipinski definition) is 1. The van der Waals surface area contributed by atoms with Gasteiger partial charge in [0.25, 0.3) is 0 Å². The zero-order chi connectivity index (χ0) is 11.9. The molecule has 1 atom stereocenters. The number of benzene rings is 1. The minimum absolute atomic E-state index is 0.212. The third-order valence-corrected chi connectivity index (χ3v) is 2.78. The van der Waals surface area contributed by atoms with Crippen LogP contribution in [0.2, 0.25) is 0 Å². The van der Waals surface area contributed by atoms with Crippen molar-refractivity contribution < 1.29 is 19.4 Å². The predicted molar refractivity (Wildman–Crippen MR) is 56.3 cm³/mol. The highest BCUT2D eigenvalue weighted by molar-refractivity contribution is 5.96. The number of carboxylic acids is 1. The summed E-state index contributed by atoms with van der Waals surface area (Å²) in [6, 6.07) is 5.37. The fourth-order valence-corrected chi connectivity index (χ4v) is 1.81. The third-order valence-electron chi connectivity index (χ3n) is 2.78. The lowest BCUT2D eigenvalue weighted by molar-refractivity contribution is -0.158. The van der Waals surface area contributed by atoms with Gasteiger partial charge in [0.15, 0.2) is 0 Å². The molecule has 1 aromatic rings. The molecule has 0 radical (unpaired) electrons. The van der Waals surface area contributed by atoms with Crippen molar-refractivity contribution in [2.75, 3.05) is 0 Å². The summed E-state index contributed by atoms with van der Waals surface area (Å²) in [7, 11) is 0. The van der Waals surface area contributed by atoms with Crippen molar-refractivity contribution in [1.82, 2.24) is 0 Å². The van der Waals surface area contributed by atoms with E-state index in [1.807, 2.05) is 13.0 Å². The Morgan fingerprint density at radius 1 is 1.50 bits per heavy atom. The Kier molecular flexibility index (Phi) is 2.22. The van der Waals surface area contributed by atoms with E-state index >= 15 is 0 Å². The molecule has 0 unspecified atom stereocenters. The van der Waals surface area contributed by atoms with Gasteiger partial charge < -0.3 is 9.84 Å². The molecule has 1 aliphatic rings. The molecule has 1 aromatic carbocycles. The topological polar surface area (TPSA) is 63.6 Å². The molecule has 0 aromatic heterocycles. The quantitative estimate of drug-likeness (QED) is 0.729. The average Bonchev–Trinajstić information content (AvgIpc) is 2.19. The molecule has 4 heteroatoms. The highest BCUT2D eigenvalue weighted by Crippen LogP contribution is 2.28. The normalized spacial score (nSPS) is 23.5. The molecule has 1 heterocycles. The molecule has 16 heavy (non-hydrogen) atoms. The van der Waals surface area contributed by atoms with E-state index in [1.54, 1.807) is 12.1 Å². The molecule has 0 bridgehead atoms. The first-order chi connectivity index (χ1) is 7.42. The van der Waals surface area contributed by atoms with Crippen molar-refractivity contribution >= 4 is 11.9 Å². The van der Waals surface area contributed by atoms with Crippen LogP contribution in [0.25, 0.3) is 0 Å². The van der Waals surface area contributed by atoms with Crippen molar-refractivity contribution in [3.05, 3.63) is 34.9 Å². The van der Waals surface area contributed by atoms with Crippen LogP contribution >= 0.6 is 0 Å². The summed E-state index contributed by atoms with van der Waals surface area (Å²) in [4.78, 5) is 22.7. The number of cyclic esters (lactones) is 1. The smallest absolute Gasteiger partial charge is 0.348 e. The van der Waals surface area contributed by atoms with E-state index in [2.05, 4.69) is 0 Å². The molecule has 1 N–H and O–H groups in total. The number of aliphatic carboxylic acids is 1. The van der Waals surface area contributed by atoms with E-state index < -0.39 is 17.5 Å². The van der Waals surface area contributed by atoms with Crippen LogP contribution in [-0.4, -0.2) is 22.6 Å². The number of fused-ring (bicyclic) bond motifs is 1. The van der Waals surface area contributed by atoms with Gasteiger partial charge in [-0.1, -0.05) is 17.7 Å². The van der Waals surface area contributed by atoms with Crippen LogP contribution in [0.1, 0.15) is 28.4 Å². The van der Waals surface area contributed by atoms with Crippen LogP contribution in [-0.2, 0) is 16.0 Å². The van der Waals surface area contributed by atoms with Crippen LogP contribution in [0.15, 0.2) is 18.2 Å². The van der Waals surface area contributed by atoms with E-state index in [0.29, 0.717) is 5.56 Å². The number of carbonyl (C=O) groups is 2. The minimum Gasteiger partial charge on any atom is -0.478 e. The Labute approximate surface area is 92.8 Å². The average molecular weight is 220 g/mol. The molecule has 0 amide bonds. The number of esters is 1. The van der Waals surface area contributed by atoms with Crippen LogP contribution in [0.5, 0.6) is 0 Å². The van der Waals surface area contributed by atoms with Gasteiger partial charge in [0, 0.05) is 6.42 Å². The second-order valence-corrected chi connectivity index (χ2v) is 4.26. The molecular formula is C12H12O4. The largest absolute Gasteiger partial charge is 0.478 e. The van der Waals surface area contributed by atoms with Crippen molar-refractivity contribution in [2.45, 2.75) is 25.9 Å². The van der Waals surface area contributed by atoms with Gasteiger partial charge in [-0.15, -0.1) is 0 Å². The highest BCUT2D eigenvalue weighted by atomic mass is 16.6. The van der Waals surface area contributed by atoms with Gasteiger partial charge in [-0.2, -0.15) is 0 Å². The first-order valence-electron chi connectivity index (χ1n) is 4.99. The fourth-order valence-electron chi connectivity index (χ4n) is 1.81. The number of rotatable bonds is 1. The van der Waals surface area contributed by atoms with Crippen LogP contribution in [0.3, 0.4) is 0 Å². The SMILES string of the molecule is Cc1ccc2c(c1)C(=O)O[C@@](C)(C(=O)O)C2. The van der Waals surface area contributed by atoms with E-state index in [0.717, 1.165) is 11.1 Å². The molecule has 4 nitrogen and oxygen atoms in total. The zero-order valence-electron chi connectivity index (χ0n) is 9.11. The monoisotopic (exact) mass is 220 g/mol. The number of hydrogen-bond acceptors (Lipinski definition) is 3. The molecular weight excluding hydrogens is 208 g/mol. The summed E-state index contributed by atoms with van der Waals surface area (Å²) < 4.78 is 4.98. The summed E-state index contributed by atoms with van der Waals surface area (Å²) in [5.41, 5.74) is 0.708. The van der Waals surface area contributed by atoms with E-state index in [9.17, 15) is 9.59 Å². The standard InChI is InChI=1S/C12H12O4/c1-7-3-4-8-6-12(2,11(14)15)16-10(13)9(8)5-7/h3-5H,6H2,1-2H3,(H,14,15)/t12-/m1/s1. The maximum Gasteiger partial charge on any atom is 0.348 e. The van der Waals surface area contributed by atoms with Crippen LogP contribution in [0, 0.1) is 6.92 Å². The second-order valence-electron chi connectivity index (χ2n) is 4.26. The Morgan fingerprint density at radius 2 is 2.19 bits per heavy atom. The van der Waals surface area contributed by atoms with Gasteiger partial charge >= 0.3 is 11.9 Å². The second kappa shape index (κ2) is 3.33. The summed E-state index contributed by atoms with van der Waals surface area (Å²) >= 11 is 0. The first-order valence-corrected chi connectivity index (χ1v) is 4.99. The van der Waals surface area contributed by atoms with Crippen molar-refractivity contribution in [3.63, 3.8) is 0 Å². The Morgan fingerprint density at radius 3 is 2.81 bits per heavy atom. The molecule has 0 spiro atoms. The lowest BCUT2D eigenvalue weighted by Crippen LogP contribution is -2.45. The number of carboxylic acid groups (broad SMARTS) is 1. The maximum absolute atomic E-state index is 11.7. The molecule has 0 fully saturated rings. The molecule has 0 saturated heterocycles. The van der Waals surface area contributed by atoms with Crippen LogP contribution < -0.4 is 0 Å². The summed E-state index contributed by atoms with van der Waals surface area (Å²) in [5, 5.41) is 9.02. The molecule has 0 aliphatic carbocycles. The third kappa shape index (κ3) is 1.56. The first kappa shape index (κ1) is 10.7. The lowest BCUT2D eigenvalue weighted by atomic mass is 9.89. The molecule has 84 valence electrons.